The Balaban J connectivity index is 2.27. The fraction of sp³-hybridized carbons (Fsp3) is 0.0667. The van der Waals surface area contributed by atoms with Crippen LogP contribution in [0.2, 0.25) is 15.1 Å². The van der Waals surface area contributed by atoms with Crippen LogP contribution < -0.4 is 0 Å². The Labute approximate surface area is 126 Å². The number of aryl methyl sites for hydroxylation is 1. The minimum atomic E-state index is 0.635. The standard InChI is InChI=1S/C15H10Cl3N/c1-19-14-5-3-10(16)6-9(14)7-15(19)12-4-2-11(17)8-13(12)18/h2-8H,1H3. The molecule has 0 aliphatic heterocycles. The van der Waals surface area contributed by atoms with E-state index < -0.39 is 0 Å². The van der Waals surface area contributed by atoms with E-state index in [1.807, 2.05) is 37.4 Å². The number of halogens is 3. The van der Waals surface area contributed by atoms with Crippen LogP contribution in [0.5, 0.6) is 0 Å². The molecule has 0 amide bonds. The Morgan fingerprint density at radius 3 is 2.26 bits per heavy atom. The second-order valence-corrected chi connectivity index (χ2v) is 5.70. The molecule has 0 saturated carbocycles. The second-order valence-electron chi connectivity index (χ2n) is 4.42. The summed E-state index contributed by atoms with van der Waals surface area (Å²) in [5.41, 5.74) is 3.12. The fourth-order valence-electron chi connectivity index (χ4n) is 2.28. The van der Waals surface area contributed by atoms with E-state index in [0.717, 1.165) is 27.2 Å². The normalized spacial score (nSPS) is 11.2. The Morgan fingerprint density at radius 2 is 1.53 bits per heavy atom. The van der Waals surface area contributed by atoms with E-state index >= 15 is 0 Å². The molecule has 0 N–H and O–H groups in total. The molecular weight excluding hydrogens is 301 g/mol. The van der Waals surface area contributed by atoms with Gasteiger partial charge in [0.25, 0.3) is 0 Å². The van der Waals surface area contributed by atoms with Gasteiger partial charge >= 0.3 is 0 Å². The van der Waals surface area contributed by atoms with Crippen molar-refractivity contribution in [3.8, 4) is 11.3 Å². The maximum atomic E-state index is 6.27. The van der Waals surface area contributed by atoms with Crippen LogP contribution in [0.25, 0.3) is 22.2 Å². The molecule has 96 valence electrons. The second kappa shape index (κ2) is 4.75. The number of rotatable bonds is 1. The van der Waals surface area contributed by atoms with Crippen molar-refractivity contribution in [1.82, 2.24) is 4.57 Å². The Kier molecular flexibility index (Phi) is 3.22. The maximum absolute atomic E-state index is 6.27. The molecular formula is C15H10Cl3N. The van der Waals surface area contributed by atoms with Gasteiger partial charge in [-0.15, -0.1) is 0 Å². The lowest BCUT2D eigenvalue weighted by molar-refractivity contribution is 0.978. The average molecular weight is 311 g/mol. The van der Waals surface area contributed by atoms with Gasteiger partial charge < -0.3 is 4.57 Å². The number of benzene rings is 2. The Morgan fingerprint density at radius 1 is 0.842 bits per heavy atom. The molecule has 0 radical (unpaired) electrons. The van der Waals surface area contributed by atoms with Gasteiger partial charge in [-0.25, -0.2) is 0 Å². The van der Waals surface area contributed by atoms with Gasteiger partial charge in [-0.05, 0) is 42.5 Å². The predicted molar refractivity (Wildman–Crippen MR) is 83.4 cm³/mol. The van der Waals surface area contributed by atoms with E-state index in [4.69, 9.17) is 34.8 Å². The number of aromatic nitrogens is 1. The summed E-state index contributed by atoms with van der Waals surface area (Å²) in [4.78, 5) is 0. The topological polar surface area (TPSA) is 4.93 Å². The summed E-state index contributed by atoms with van der Waals surface area (Å²) < 4.78 is 2.10. The molecule has 4 heteroatoms. The minimum Gasteiger partial charge on any atom is -0.344 e. The summed E-state index contributed by atoms with van der Waals surface area (Å²) >= 11 is 18.2. The van der Waals surface area contributed by atoms with Gasteiger partial charge in [0.2, 0.25) is 0 Å². The van der Waals surface area contributed by atoms with Crippen molar-refractivity contribution >= 4 is 45.7 Å². The van der Waals surface area contributed by atoms with Gasteiger partial charge in [-0.2, -0.15) is 0 Å². The number of hydrogen-bond acceptors (Lipinski definition) is 0. The third-order valence-electron chi connectivity index (χ3n) is 3.21. The van der Waals surface area contributed by atoms with Crippen molar-refractivity contribution in [1.29, 1.82) is 0 Å². The molecule has 0 atom stereocenters. The van der Waals surface area contributed by atoms with Crippen LogP contribution in [0.3, 0.4) is 0 Å². The van der Waals surface area contributed by atoms with Crippen LogP contribution in [-0.2, 0) is 7.05 Å². The Bertz CT molecular complexity index is 774. The van der Waals surface area contributed by atoms with Crippen molar-refractivity contribution in [2.24, 2.45) is 7.05 Å². The smallest absolute Gasteiger partial charge is 0.0514 e. The zero-order valence-electron chi connectivity index (χ0n) is 10.1. The molecule has 0 aliphatic rings. The van der Waals surface area contributed by atoms with Gasteiger partial charge in [0.15, 0.2) is 0 Å². The lowest BCUT2D eigenvalue weighted by Gasteiger charge is -2.07. The molecule has 1 nitrogen and oxygen atoms in total. The highest BCUT2D eigenvalue weighted by atomic mass is 35.5. The van der Waals surface area contributed by atoms with Crippen LogP contribution in [0.15, 0.2) is 42.5 Å². The van der Waals surface area contributed by atoms with E-state index in [2.05, 4.69) is 10.6 Å². The summed E-state index contributed by atoms with van der Waals surface area (Å²) in [5.74, 6) is 0. The van der Waals surface area contributed by atoms with E-state index in [9.17, 15) is 0 Å². The van der Waals surface area contributed by atoms with Gasteiger partial charge in [-0.3, -0.25) is 0 Å². The molecule has 19 heavy (non-hydrogen) atoms. The summed E-state index contributed by atoms with van der Waals surface area (Å²) in [6, 6.07) is 13.4. The van der Waals surface area contributed by atoms with Crippen LogP contribution in [0, 0.1) is 0 Å². The number of fused-ring (bicyclic) bond motifs is 1. The highest BCUT2D eigenvalue weighted by Gasteiger charge is 2.11. The molecule has 2 aromatic carbocycles. The van der Waals surface area contributed by atoms with Crippen molar-refractivity contribution < 1.29 is 0 Å². The number of hydrogen-bond donors (Lipinski definition) is 0. The maximum Gasteiger partial charge on any atom is 0.0514 e. The van der Waals surface area contributed by atoms with E-state index in [0.29, 0.717) is 10.0 Å². The summed E-state index contributed by atoms with van der Waals surface area (Å²) in [5, 5.41) is 3.10. The quantitative estimate of drug-likeness (QED) is 0.535. The average Bonchev–Trinajstić information content (AvgIpc) is 2.66. The zero-order valence-corrected chi connectivity index (χ0v) is 12.4. The zero-order chi connectivity index (χ0) is 13.6. The van der Waals surface area contributed by atoms with Crippen molar-refractivity contribution in [3.63, 3.8) is 0 Å². The molecule has 0 saturated heterocycles. The van der Waals surface area contributed by atoms with Crippen LogP contribution in [-0.4, -0.2) is 4.57 Å². The molecule has 0 bridgehead atoms. The monoisotopic (exact) mass is 309 g/mol. The highest BCUT2D eigenvalue weighted by Crippen LogP contribution is 2.34. The summed E-state index contributed by atoms with van der Waals surface area (Å²) in [6.45, 7) is 0. The van der Waals surface area contributed by atoms with Gasteiger partial charge in [0.05, 0.1) is 10.7 Å². The summed E-state index contributed by atoms with van der Waals surface area (Å²) in [6.07, 6.45) is 0. The molecule has 1 heterocycles. The molecule has 1 aromatic heterocycles. The van der Waals surface area contributed by atoms with E-state index in [1.54, 1.807) is 6.07 Å². The van der Waals surface area contributed by atoms with Gasteiger partial charge in [-0.1, -0.05) is 34.8 Å². The Hall–Kier alpha value is -1.15. The first-order valence-corrected chi connectivity index (χ1v) is 6.90. The van der Waals surface area contributed by atoms with Crippen molar-refractivity contribution in [3.05, 3.63) is 57.5 Å². The molecule has 3 rings (SSSR count). The molecule has 0 aliphatic carbocycles. The molecule has 0 fully saturated rings. The molecule has 0 spiro atoms. The third-order valence-corrected chi connectivity index (χ3v) is 3.99. The first-order valence-electron chi connectivity index (χ1n) is 5.76. The predicted octanol–water partition coefficient (Wildman–Crippen LogP) is 5.81. The third kappa shape index (κ3) is 2.23. The van der Waals surface area contributed by atoms with Crippen LogP contribution in [0.1, 0.15) is 0 Å². The first kappa shape index (κ1) is 12.9. The lowest BCUT2D eigenvalue weighted by Crippen LogP contribution is -1.91. The van der Waals surface area contributed by atoms with Gasteiger partial charge in [0, 0.05) is 33.6 Å². The van der Waals surface area contributed by atoms with E-state index in [-0.39, 0.29) is 0 Å². The van der Waals surface area contributed by atoms with Crippen LogP contribution in [0.4, 0.5) is 0 Å². The fourth-order valence-corrected chi connectivity index (χ4v) is 2.96. The van der Waals surface area contributed by atoms with Crippen molar-refractivity contribution in [2.75, 3.05) is 0 Å². The lowest BCUT2D eigenvalue weighted by atomic mass is 10.1. The number of nitrogens with zero attached hydrogens (tertiary/aromatic N) is 1. The highest BCUT2D eigenvalue weighted by molar-refractivity contribution is 6.36. The minimum absolute atomic E-state index is 0.635. The SMILES string of the molecule is Cn1c(-c2ccc(Cl)cc2Cl)cc2cc(Cl)ccc21. The van der Waals surface area contributed by atoms with Crippen molar-refractivity contribution in [2.45, 2.75) is 0 Å². The largest absolute Gasteiger partial charge is 0.344 e. The van der Waals surface area contributed by atoms with Crippen LogP contribution >= 0.6 is 34.8 Å². The van der Waals surface area contributed by atoms with Gasteiger partial charge in [0.1, 0.15) is 0 Å². The molecule has 0 unspecified atom stereocenters. The van der Waals surface area contributed by atoms with E-state index in [1.165, 1.54) is 0 Å². The molecule has 3 aromatic rings. The first-order chi connectivity index (χ1) is 9.06. The summed E-state index contributed by atoms with van der Waals surface area (Å²) in [7, 11) is 2.01.